The summed E-state index contributed by atoms with van der Waals surface area (Å²) in [5.41, 5.74) is 10.9. The van der Waals surface area contributed by atoms with Crippen LogP contribution in [-0.4, -0.2) is 15.0 Å². The molecule has 3 aromatic heterocycles. The number of rotatable bonds is 5. The topological polar surface area (TPSA) is 38.7 Å². The molecule has 0 N–H and O–H groups in total. The standard InChI is InChI=1S/C41H25N3S2/c1-2-11-26(12-3-1)37-39-38(33-19-4-6-21-35(33)45-39)44-40(43-37)31-17-9-15-29(24-31)27-13-8-14-28(23-27)30-16-10-18-32(25-30)41-42-34-20-5-7-22-36(34)46-41/h1-25H. The van der Waals surface area contributed by atoms with E-state index in [4.69, 9.17) is 15.0 Å². The Morgan fingerprint density at radius 1 is 0.391 bits per heavy atom. The van der Waals surface area contributed by atoms with Crippen molar-refractivity contribution in [3.63, 3.8) is 0 Å². The fraction of sp³-hybridized carbons (Fsp3) is 0. The van der Waals surface area contributed by atoms with Gasteiger partial charge < -0.3 is 0 Å². The Balaban J connectivity index is 1.12. The van der Waals surface area contributed by atoms with Crippen LogP contribution in [0.4, 0.5) is 0 Å². The summed E-state index contributed by atoms with van der Waals surface area (Å²) in [7, 11) is 0. The molecule has 0 aliphatic carbocycles. The molecular formula is C41H25N3S2. The third-order valence-electron chi connectivity index (χ3n) is 8.32. The molecule has 0 fully saturated rings. The summed E-state index contributed by atoms with van der Waals surface area (Å²) in [6, 6.07) is 53.3. The maximum atomic E-state index is 5.19. The first kappa shape index (κ1) is 26.9. The van der Waals surface area contributed by atoms with E-state index in [2.05, 4.69) is 140 Å². The van der Waals surface area contributed by atoms with Crippen LogP contribution in [0.25, 0.3) is 86.0 Å². The van der Waals surface area contributed by atoms with E-state index in [1.807, 2.05) is 12.1 Å². The molecule has 9 aromatic rings. The van der Waals surface area contributed by atoms with Crippen molar-refractivity contribution in [1.29, 1.82) is 0 Å². The van der Waals surface area contributed by atoms with Gasteiger partial charge in [0.25, 0.3) is 0 Å². The van der Waals surface area contributed by atoms with Gasteiger partial charge in [-0.3, -0.25) is 0 Å². The normalized spacial score (nSPS) is 11.5. The average Bonchev–Trinajstić information content (AvgIpc) is 3.74. The summed E-state index contributed by atoms with van der Waals surface area (Å²) in [6.45, 7) is 0. The number of hydrogen-bond donors (Lipinski definition) is 0. The lowest BCUT2D eigenvalue weighted by Gasteiger charge is -2.10. The van der Waals surface area contributed by atoms with Crippen LogP contribution in [-0.2, 0) is 0 Å². The average molecular weight is 624 g/mol. The van der Waals surface area contributed by atoms with E-state index in [1.165, 1.54) is 25.9 Å². The highest BCUT2D eigenvalue weighted by Gasteiger charge is 2.17. The van der Waals surface area contributed by atoms with E-state index in [9.17, 15) is 0 Å². The molecule has 6 aromatic carbocycles. The van der Waals surface area contributed by atoms with Crippen molar-refractivity contribution in [2.45, 2.75) is 0 Å². The fourth-order valence-corrected chi connectivity index (χ4v) is 8.17. The second-order valence-corrected chi connectivity index (χ2v) is 13.3. The fourth-order valence-electron chi connectivity index (χ4n) is 6.06. The Bertz CT molecular complexity index is 2510. The predicted molar refractivity (Wildman–Crippen MR) is 195 cm³/mol. The monoisotopic (exact) mass is 623 g/mol. The van der Waals surface area contributed by atoms with E-state index in [0.717, 1.165) is 60.1 Å². The number of aromatic nitrogens is 3. The van der Waals surface area contributed by atoms with Crippen LogP contribution in [0.1, 0.15) is 0 Å². The Morgan fingerprint density at radius 3 is 1.70 bits per heavy atom. The number of hydrogen-bond acceptors (Lipinski definition) is 5. The molecule has 0 aliphatic heterocycles. The lowest BCUT2D eigenvalue weighted by molar-refractivity contribution is 1.24. The van der Waals surface area contributed by atoms with Crippen molar-refractivity contribution in [3.8, 4) is 55.5 Å². The van der Waals surface area contributed by atoms with Crippen LogP contribution in [0, 0.1) is 0 Å². The maximum Gasteiger partial charge on any atom is 0.160 e. The minimum Gasteiger partial charge on any atom is -0.236 e. The first-order valence-corrected chi connectivity index (χ1v) is 16.8. The highest BCUT2D eigenvalue weighted by Crippen LogP contribution is 2.40. The molecule has 9 rings (SSSR count). The molecule has 0 radical (unpaired) electrons. The van der Waals surface area contributed by atoms with E-state index < -0.39 is 0 Å². The minimum atomic E-state index is 0.733. The van der Waals surface area contributed by atoms with Crippen LogP contribution < -0.4 is 0 Å². The highest BCUT2D eigenvalue weighted by atomic mass is 32.1. The summed E-state index contributed by atoms with van der Waals surface area (Å²) in [5.74, 6) is 0.733. The SMILES string of the molecule is c1ccc(-c2nc(-c3cccc(-c4cccc(-c5cccc(-c6nc7ccccc7s6)c5)c4)c3)nc3c2sc2ccccc23)cc1. The van der Waals surface area contributed by atoms with Crippen molar-refractivity contribution < 1.29 is 0 Å². The minimum absolute atomic E-state index is 0.733. The summed E-state index contributed by atoms with van der Waals surface area (Å²) in [6.07, 6.45) is 0. The van der Waals surface area contributed by atoms with Crippen molar-refractivity contribution in [1.82, 2.24) is 15.0 Å². The van der Waals surface area contributed by atoms with Gasteiger partial charge in [-0.25, -0.2) is 15.0 Å². The van der Waals surface area contributed by atoms with Crippen LogP contribution in [0.3, 0.4) is 0 Å². The molecule has 0 amide bonds. The second kappa shape index (κ2) is 11.1. The largest absolute Gasteiger partial charge is 0.236 e. The number of para-hydroxylation sites is 1. The number of nitrogens with zero attached hydrogens (tertiary/aromatic N) is 3. The van der Waals surface area contributed by atoms with Gasteiger partial charge in [0.2, 0.25) is 0 Å². The van der Waals surface area contributed by atoms with E-state index in [0.29, 0.717) is 0 Å². The third-order valence-corrected chi connectivity index (χ3v) is 10.6. The van der Waals surface area contributed by atoms with E-state index >= 15 is 0 Å². The molecular weight excluding hydrogens is 599 g/mol. The van der Waals surface area contributed by atoms with Gasteiger partial charge in [0, 0.05) is 26.8 Å². The van der Waals surface area contributed by atoms with Gasteiger partial charge >= 0.3 is 0 Å². The first-order chi connectivity index (χ1) is 22.8. The number of thiophene rings is 1. The molecule has 0 spiro atoms. The quantitative estimate of drug-likeness (QED) is 0.191. The van der Waals surface area contributed by atoms with Crippen molar-refractivity contribution in [3.05, 3.63) is 152 Å². The second-order valence-electron chi connectivity index (χ2n) is 11.3. The van der Waals surface area contributed by atoms with Gasteiger partial charge in [-0.15, -0.1) is 22.7 Å². The Hall–Kier alpha value is -5.49. The Kier molecular flexibility index (Phi) is 6.51. The Morgan fingerprint density at radius 2 is 0.957 bits per heavy atom. The first-order valence-electron chi connectivity index (χ1n) is 15.2. The zero-order valence-corrected chi connectivity index (χ0v) is 26.2. The predicted octanol–water partition coefficient (Wildman–Crippen LogP) is 11.8. The maximum absolute atomic E-state index is 5.19. The molecule has 0 aliphatic rings. The van der Waals surface area contributed by atoms with E-state index in [1.54, 1.807) is 22.7 Å². The number of thiazole rings is 1. The summed E-state index contributed by atoms with van der Waals surface area (Å²) in [4.78, 5) is 15.2. The zero-order valence-electron chi connectivity index (χ0n) is 24.6. The molecule has 46 heavy (non-hydrogen) atoms. The molecule has 5 heteroatoms. The van der Waals surface area contributed by atoms with Gasteiger partial charge in [-0.2, -0.15) is 0 Å². The van der Waals surface area contributed by atoms with Crippen LogP contribution in [0.15, 0.2) is 152 Å². The summed E-state index contributed by atoms with van der Waals surface area (Å²) in [5, 5.41) is 2.21. The summed E-state index contributed by atoms with van der Waals surface area (Å²) < 4.78 is 3.54. The van der Waals surface area contributed by atoms with Gasteiger partial charge in [0.05, 0.1) is 26.1 Å². The molecule has 0 saturated carbocycles. The lowest BCUT2D eigenvalue weighted by atomic mass is 9.97. The molecule has 0 bridgehead atoms. The van der Waals surface area contributed by atoms with Crippen molar-refractivity contribution >= 4 is 53.2 Å². The highest BCUT2D eigenvalue weighted by molar-refractivity contribution is 7.26. The van der Waals surface area contributed by atoms with Crippen LogP contribution in [0.5, 0.6) is 0 Å². The molecule has 216 valence electrons. The molecule has 3 nitrogen and oxygen atoms in total. The molecule has 0 atom stereocenters. The van der Waals surface area contributed by atoms with Gasteiger partial charge in [-0.05, 0) is 58.7 Å². The van der Waals surface area contributed by atoms with Crippen LogP contribution >= 0.6 is 22.7 Å². The number of fused-ring (bicyclic) bond motifs is 4. The van der Waals surface area contributed by atoms with Crippen LogP contribution in [0.2, 0.25) is 0 Å². The molecule has 3 heterocycles. The van der Waals surface area contributed by atoms with Crippen molar-refractivity contribution in [2.75, 3.05) is 0 Å². The van der Waals surface area contributed by atoms with E-state index in [-0.39, 0.29) is 0 Å². The zero-order chi connectivity index (χ0) is 30.5. The van der Waals surface area contributed by atoms with Gasteiger partial charge in [0.15, 0.2) is 5.82 Å². The molecule has 0 saturated heterocycles. The summed E-state index contributed by atoms with van der Waals surface area (Å²) >= 11 is 3.49. The van der Waals surface area contributed by atoms with Gasteiger partial charge in [-0.1, -0.05) is 115 Å². The lowest BCUT2D eigenvalue weighted by Crippen LogP contribution is -1.94. The van der Waals surface area contributed by atoms with Crippen molar-refractivity contribution in [2.24, 2.45) is 0 Å². The molecule has 0 unspecified atom stereocenters. The number of benzene rings is 6. The smallest absolute Gasteiger partial charge is 0.160 e. The third kappa shape index (κ3) is 4.78. The van der Waals surface area contributed by atoms with Gasteiger partial charge in [0.1, 0.15) is 5.01 Å². The Labute approximate surface area is 274 Å².